The van der Waals surface area contributed by atoms with Gasteiger partial charge in [0.2, 0.25) is 0 Å². The van der Waals surface area contributed by atoms with Gasteiger partial charge in [0.05, 0.1) is 5.69 Å². The van der Waals surface area contributed by atoms with Gasteiger partial charge in [-0.2, -0.15) is 0 Å². The van der Waals surface area contributed by atoms with Crippen LogP contribution in [0.5, 0.6) is 0 Å². The van der Waals surface area contributed by atoms with Gasteiger partial charge in [0.25, 0.3) is 0 Å². The summed E-state index contributed by atoms with van der Waals surface area (Å²) in [5.74, 6) is 0.279. The summed E-state index contributed by atoms with van der Waals surface area (Å²) in [5.41, 5.74) is 4.51. The number of fused-ring (bicyclic) bond motifs is 1. The molecule has 2 nitrogen and oxygen atoms in total. The van der Waals surface area contributed by atoms with Crippen molar-refractivity contribution in [3.05, 3.63) is 28.8 Å². The highest BCUT2D eigenvalue weighted by atomic mass is 16.1. The summed E-state index contributed by atoms with van der Waals surface area (Å²) < 4.78 is 0. The molecule has 1 aromatic rings. The molecular weight excluding hydrogens is 174 g/mol. The maximum absolute atomic E-state index is 11.7. The number of hydrogen-bond acceptors (Lipinski definition) is 2. The summed E-state index contributed by atoms with van der Waals surface area (Å²) >= 11 is 0. The van der Waals surface area contributed by atoms with Crippen molar-refractivity contribution in [1.29, 1.82) is 0 Å². The molecule has 2 rings (SSSR count). The van der Waals surface area contributed by atoms with E-state index < -0.39 is 0 Å². The highest BCUT2D eigenvalue weighted by molar-refractivity contribution is 6.04. The molecule has 0 aromatic heterocycles. The van der Waals surface area contributed by atoms with Crippen LogP contribution >= 0.6 is 0 Å². The molecule has 0 bridgehead atoms. The van der Waals surface area contributed by atoms with Crippen molar-refractivity contribution >= 4 is 11.5 Å². The Morgan fingerprint density at radius 3 is 2.71 bits per heavy atom. The van der Waals surface area contributed by atoms with E-state index in [-0.39, 0.29) is 5.78 Å². The average molecular weight is 189 g/mol. The summed E-state index contributed by atoms with van der Waals surface area (Å²) in [6.45, 7) is 5.02. The van der Waals surface area contributed by atoms with Gasteiger partial charge in [0.1, 0.15) is 0 Å². The normalized spacial score (nSPS) is 15.6. The standard InChI is InChI=1S/C12H15NO/c1-8-4-5-10-11(14)6-7-13(3)12(10)9(8)2/h4-5H,6-7H2,1-3H3. The van der Waals surface area contributed by atoms with E-state index in [9.17, 15) is 4.79 Å². The van der Waals surface area contributed by atoms with Crippen molar-refractivity contribution in [3.63, 3.8) is 0 Å². The lowest BCUT2D eigenvalue weighted by atomic mass is 9.95. The zero-order valence-corrected chi connectivity index (χ0v) is 8.92. The van der Waals surface area contributed by atoms with Crippen LogP contribution in [0.15, 0.2) is 12.1 Å². The molecule has 0 atom stereocenters. The number of hydrogen-bond donors (Lipinski definition) is 0. The molecular formula is C12H15NO. The molecule has 1 aliphatic rings. The summed E-state index contributed by atoms with van der Waals surface area (Å²) in [4.78, 5) is 13.8. The Morgan fingerprint density at radius 2 is 2.00 bits per heavy atom. The Hall–Kier alpha value is -1.31. The predicted octanol–water partition coefficient (Wildman–Crippen LogP) is 2.33. The first-order valence-corrected chi connectivity index (χ1v) is 4.96. The van der Waals surface area contributed by atoms with Crippen LogP contribution in [-0.2, 0) is 0 Å². The van der Waals surface area contributed by atoms with Crippen LogP contribution in [0.4, 0.5) is 5.69 Å². The van der Waals surface area contributed by atoms with Crippen molar-refractivity contribution in [3.8, 4) is 0 Å². The van der Waals surface area contributed by atoms with Gasteiger partial charge in [0.15, 0.2) is 5.78 Å². The summed E-state index contributed by atoms with van der Waals surface area (Å²) in [6.07, 6.45) is 0.645. The molecule has 0 saturated heterocycles. The Morgan fingerprint density at radius 1 is 1.29 bits per heavy atom. The number of carbonyl (C=O) groups is 1. The molecule has 1 aromatic carbocycles. The van der Waals surface area contributed by atoms with Crippen molar-refractivity contribution in [2.24, 2.45) is 0 Å². The maximum atomic E-state index is 11.7. The van der Waals surface area contributed by atoms with Crippen LogP contribution in [0.1, 0.15) is 27.9 Å². The molecule has 0 aliphatic carbocycles. The third-order valence-electron chi connectivity index (χ3n) is 3.06. The first kappa shape index (κ1) is 9.25. The smallest absolute Gasteiger partial charge is 0.166 e. The van der Waals surface area contributed by atoms with Gasteiger partial charge >= 0.3 is 0 Å². The van der Waals surface area contributed by atoms with Crippen molar-refractivity contribution in [2.45, 2.75) is 20.3 Å². The fraction of sp³-hybridized carbons (Fsp3) is 0.417. The number of carbonyl (C=O) groups excluding carboxylic acids is 1. The quantitative estimate of drug-likeness (QED) is 0.624. The van der Waals surface area contributed by atoms with Crippen LogP contribution in [0, 0.1) is 13.8 Å². The van der Waals surface area contributed by atoms with Crippen LogP contribution in [0.25, 0.3) is 0 Å². The second kappa shape index (κ2) is 3.12. The van der Waals surface area contributed by atoms with E-state index in [4.69, 9.17) is 0 Å². The molecule has 2 heteroatoms. The molecule has 1 heterocycles. The average Bonchev–Trinajstić information content (AvgIpc) is 2.16. The number of benzene rings is 1. The minimum Gasteiger partial charge on any atom is -0.373 e. The van der Waals surface area contributed by atoms with E-state index >= 15 is 0 Å². The first-order chi connectivity index (χ1) is 6.61. The van der Waals surface area contributed by atoms with E-state index in [2.05, 4.69) is 25.8 Å². The molecule has 0 fully saturated rings. The van der Waals surface area contributed by atoms with E-state index in [1.54, 1.807) is 0 Å². The Balaban J connectivity index is 2.67. The van der Waals surface area contributed by atoms with Crippen molar-refractivity contribution in [1.82, 2.24) is 0 Å². The first-order valence-electron chi connectivity index (χ1n) is 4.96. The van der Waals surface area contributed by atoms with Gasteiger partial charge < -0.3 is 4.90 Å². The van der Waals surface area contributed by atoms with Crippen molar-refractivity contribution in [2.75, 3.05) is 18.5 Å². The zero-order chi connectivity index (χ0) is 10.3. The van der Waals surface area contributed by atoms with Gasteiger partial charge in [-0.3, -0.25) is 4.79 Å². The monoisotopic (exact) mass is 189 g/mol. The second-order valence-electron chi connectivity index (χ2n) is 4.00. The molecule has 0 spiro atoms. The zero-order valence-electron chi connectivity index (χ0n) is 8.92. The van der Waals surface area contributed by atoms with E-state index in [0.717, 1.165) is 17.8 Å². The van der Waals surface area contributed by atoms with Gasteiger partial charge in [-0.1, -0.05) is 6.07 Å². The number of anilines is 1. The van der Waals surface area contributed by atoms with Crippen LogP contribution < -0.4 is 4.90 Å². The predicted molar refractivity (Wildman–Crippen MR) is 58.1 cm³/mol. The van der Waals surface area contributed by atoms with Crippen LogP contribution in [0.2, 0.25) is 0 Å². The number of Topliss-reactive ketones (excluding diaryl/α,β-unsaturated/α-hetero) is 1. The summed E-state index contributed by atoms with van der Waals surface area (Å²) in [5, 5.41) is 0. The highest BCUT2D eigenvalue weighted by Crippen LogP contribution is 2.31. The molecule has 0 amide bonds. The number of ketones is 1. The third-order valence-corrected chi connectivity index (χ3v) is 3.06. The minimum atomic E-state index is 0.279. The molecule has 0 radical (unpaired) electrons. The SMILES string of the molecule is Cc1ccc2c(c1C)N(C)CCC2=O. The van der Waals surface area contributed by atoms with Crippen LogP contribution in [-0.4, -0.2) is 19.4 Å². The number of nitrogens with zero attached hydrogens (tertiary/aromatic N) is 1. The van der Waals surface area contributed by atoms with Gasteiger partial charge in [-0.25, -0.2) is 0 Å². The number of rotatable bonds is 0. The summed E-state index contributed by atoms with van der Waals surface area (Å²) in [6, 6.07) is 3.99. The fourth-order valence-corrected chi connectivity index (χ4v) is 2.03. The van der Waals surface area contributed by atoms with Gasteiger partial charge in [0, 0.05) is 25.6 Å². The topological polar surface area (TPSA) is 20.3 Å². The largest absolute Gasteiger partial charge is 0.373 e. The Labute approximate surface area is 84.5 Å². The maximum Gasteiger partial charge on any atom is 0.166 e. The van der Waals surface area contributed by atoms with E-state index in [1.807, 2.05) is 12.1 Å². The molecule has 0 saturated carbocycles. The third kappa shape index (κ3) is 1.22. The Kier molecular flexibility index (Phi) is 2.06. The molecule has 74 valence electrons. The van der Waals surface area contributed by atoms with Crippen LogP contribution in [0.3, 0.4) is 0 Å². The summed E-state index contributed by atoms with van der Waals surface area (Å²) in [7, 11) is 2.05. The minimum absolute atomic E-state index is 0.279. The number of aryl methyl sites for hydroxylation is 1. The molecule has 0 N–H and O–H groups in total. The van der Waals surface area contributed by atoms with Gasteiger partial charge in [-0.05, 0) is 31.0 Å². The lowest BCUT2D eigenvalue weighted by Gasteiger charge is -2.29. The fourth-order valence-electron chi connectivity index (χ4n) is 2.03. The van der Waals surface area contributed by atoms with E-state index in [0.29, 0.717) is 6.42 Å². The van der Waals surface area contributed by atoms with Crippen molar-refractivity contribution < 1.29 is 4.79 Å². The highest BCUT2D eigenvalue weighted by Gasteiger charge is 2.22. The molecule has 0 unspecified atom stereocenters. The lowest BCUT2D eigenvalue weighted by Crippen LogP contribution is -2.29. The molecule has 1 aliphatic heterocycles. The van der Waals surface area contributed by atoms with Gasteiger partial charge in [-0.15, -0.1) is 0 Å². The second-order valence-corrected chi connectivity index (χ2v) is 4.00. The Bertz CT molecular complexity index is 396. The lowest BCUT2D eigenvalue weighted by molar-refractivity contribution is 0.0980. The van der Waals surface area contributed by atoms with E-state index in [1.165, 1.54) is 11.1 Å². The molecule has 14 heavy (non-hydrogen) atoms.